The Labute approximate surface area is 104 Å². The molecule has 1 heterocycles. The highest BCUT2D eigenvalue weighted by Gasteiger charge is 2.15. The van der Waals surface area contributed by atoms with Gasteiger partial charge in [-0.25, -0.2) is 23.1 Å². The molecule has 0 aliphatic heterocycles. The van der Waals surface area contributed by atoms with Crippen molar-refractivity contribution in [2.75, 3.05) is 4.72 Å². The van der Waals surface area contributed by atoms with Gasteiger partial charge in [0.1, 0.15) is 0 Å². The van der Waals surface area contributed by atoms with E-state index in [-0.39, 0.29) is 16.4 Å². The molecule has 0 saturated carbocycles. The first-order valence-corrected chi connectivity index (χ1v) is 6.40. The zero-order valence-electron chi connectivity index (χ0n) is 9.11. The molecular formula is C11H8N4O2S. The maximum absolute atomic E-state index is 12.0. The number of hydrogen-bond donors (Lipinski definition) is 1. The van der Waals surface area contributed by atoms with Gasteiger partial charge < -0.3 is 0 Å². The van der Waals surface area contributed by atoms with Crippen molar-refractivity contribution >= 4 is 16.0 Å². The SMILES string of the molecule is N#Cc1cccc(S(=O)(=O)Nc2ncccn2)c1. The molecule has 6 nitrogen and oxygen atoms in total. The van der Waals surface area contributed by atoms with Crippen molar-refractivity contribution in [3.05, 3.63) is 48.3 Å². The Morgan fingerprint density at radius 2 is 1.89 bits per heavy atom. The van der Waals surface area contributed by atoms with Crippen LogP contribution in [0.3, 0.4) is 0 Å². The molecule has 18 heavy (non-hydrogen) atoms. The smallest absolute Gasteiger partial charge is 0.247 e. The summed E-state index contributed by atoms with van der Waals surface area (Å²) in [6.45, 7) is 0. The number of nitrogens with zero attached hydrogens (tertiary/aromatic N) is 3. The molecule has 2 aromatic rings. The Balaban J connectivity index is 2.34. The summed E-state index contributed by atoms with van der Waals surface area (Å²) in [5.74, 6) is -0.0140. The molecular weight excluding hydrogens is 252 g/mol. The quantitative estimate of drug-likeness (QED) is 0.893. The number of anilines is 1. The van der Waals surface area contributed by atoms with Crippen LogP contribution in [-0.2, 0) is 10.0 Å². The van der Waals surface area contributed by atoms with Gasteiger partial charge in [0.2, 0.25) is 5.95 Å². The predicted octanol–water partition coefficient (Wildman–Crippen LogP) is 1.15. The summed E-state index contributed by atoms with van der Waals surface area (Å²) in [4.78, 5) is 7.53. The number of aromatic nitrogens is 2. The van der Waals surface area contributed by atoms with Gasteiger partial charge in [-0.05, 0) is 24.3 Å². The maximum atomic E-state index is 12.0. The molecule has 0 bridgehead atoms. The minimum absolute atomic E-state index is 0.00555. The van der Waals surface area contributed by atoms with Gasteiger partial charge in [0.05, 0.1) is 16.5 Å². The lowest BCUT2D eigenvalue weighted by Crippen LogP contribution is -2.14. The van der Waals surface area contributed by atoms with Crippen molar-refractivity contribution in [3.8, 4) is 6.07 Å². The van der Waals surface area contributed by atoms with Gasteiger partial charge in [-0.1, -0.05) is 6.07 Å². The van der Waals surface area contributed by atoms with Crippen molar-refractivity contribution in [1.29, 1.82) is 5.26 Å². The fourth-order valence-corrected chi connectivity index (χ4v) is 2.27. The van der Waals surface area contributed by atoms with Crippen molar-refractivity contribution in [1.82, 2.24) is 9.97 Å². The third-order valence-electron chi connectivity index (χ3n) is 2.06. The Morgan fingerprint density at radius 3 is 2.56 bits per heavy atom. The number of rotatable bonds is 3. The Morgan fingerprint density at radius 1 is 1.17 bits per heavy atom. The highest BCUT2D eigenvalue weighted by atomic mass is 32.2. The first-order valence-electron chi connectivity index (χ1n) is 4.92. The molecule has 0 fully saturated rings. The fraction of sp³-hybridized carbons (Fsp3) is 0. The Bertz CT molecular complexity index is 692. The lowest BCUT2D eigenvalue weighted by Gasteiger charge is -2.05. The Hall–Kier alpha value is -2.46. The fourth-order valence-electron chi connectivity index (χ4n) is 1.26. The van der Waals surface area contributed by atoms with E-state index in [1.165, 1.54) is 36.7 Å². The van der Waals surface area contributed by atoms with Gasteiger partial charge in [0, 0.05) is 12.4 Å². The summed E-state index contributed by atoms with van der Waals surface area (Å²) < 4.78 is 26.2. The zero-order valence-corrected chi connectivity index (χ0v) is 9.92. The highest BCUT2D eigenvalue weighted by molar-refractivity contribution is 7.92. The molecule has 1 N–H and O–H groups in total. The van der Waals surface area contributed by atoms with Gasteiger partial charge in [0.25, 0.3) is 10.0 Å². The summed E-state index contributed by atoms with van der Waals surface area (Å²) in [6, 6.07) is 9.16. The molecule has 1 aromatic heterocycles. The molecule has 0 aliphatic carbocycles. The van der Waals surface area contributed by atoms with Gasteiger partial charge in [-0.3, -0.25) is 0 Å². The third kappa shape index (κ3) is 2.61. The second-order valence-corrected chi connectivity index (χ2v) is 5.00. The van der Waals surface area contributed by atoms with E-state index in [0.717, 1.165) is 0 Å². The van der Waals surface area contributed by atoms with E-state index in [4.69, 9.17) is 5.26 Å². The van der Waals surface area contributed by atoms with Crippen LogP contribution < -0.4 is 4.72 Å². The number of nitriles is 1. The standard InChI is InChI=1S/C11H8N4O2S/c12-8-9-3-1-4-10(7-9)18(16,17)15-11-13-5-2-6-14-11/h1-7H,(H,13,14,15). The molecule has 0 saturated heterocycles. The van der Waals surface area contributed by atoms with Crippen LogP contribution in [0.25, 0.3) is 0 Å². The van der Waals surface area contributed by atoms with Gasteiger partial charge in [-0.2, -0.15) is 5.26 Å². The van der Waals surface area contributed by atoms with Crippen LogP contribution in [0, 0.1) is 11.3 Å². The number of hydrogen-bond acceptors (Lipinski definition) is 5. The third-order valence-corrected chi connectivity index (χ3v) is 3.39. The zero-order chi connectivity index (χ0) is 13.0. The Kier molecular flexibility index (Phi) is 3.21. The van der Waals surface area contributed by atoms with Crippen LogP contribution in [0.15, 0.2) is 47.6 Å². The van der Waals surface area contributed by atoms with Crippen molar-refractivity contribution in [3.63, 3.8) is 0 Å². The molecule has 1 aromatic carbocycles. The average Bonchev–Trinajstić information content (AvgIpc) is 2.39. The molecule has 2 rings (SSSR count). The normalized spacial score (nSPS) is 10.6. The highest BCUT2D eigenvalue weighted by Crippen LogP contribution is 2.13. The molecule has 0 unspecified atom stereocenters. The van der Waals surface area contributed by atoms with Gasteiger partial charge in [0.15, 0.2) is 0 Å². The average molecular weight is 260 g/mol. The van der Waals surface area contributed by atoms with Crippen molar-refractivity contribution in [2.24, 2.45) is 0 Å². The lowest BCUT2D eigenvalue weighted by molar-refractivity contribution is 0.601. The summed E-state index contributed by atoms with van der Waals surface area (Å²) >= 11 is 0. The van der Waals surface area contributed by atoms with E-state index in [2.05, 4.69) is 14.7 Å². The van der Waals surface area contributed by atoms with E-state index >= 15 is 0 Å². The van der Waals surface area contributed by atoms with Crippen LogP contribution in [0.2, 0.25) is 0 Å². The number of nitrogens with one attached hydrogen (secondary N) is 1. The largest absolute Gasteiger partial charge is 0.264 e. The summed E-state index contributed by atoms with van der Waals surface area (Å²) in [5.41, 5.74) is 0.270. The van der Waals surface area contributed by atoms with Gasteiger partial charge in [-0.15, -0.1) is 0 Å². The van der Waals surface area contributed by atoms with Crippen LogP contribution in [0.5, 0.6) is 0 Å². The number of benzene rings is 1. The molecule has 0 radical (unpaired) electrons. The van der Waals surface area contributed by atoms with Crippen LogP contribution >= 0.6 is 0 Å². The lowest BCUT2D eigenvalue weighted by atomic mass is 10.2. The van der Waals surface area contributed by atoms with E-state index in [9.17, 15) is 8.42 Å². The van der Waals surface area contributed by atoms with E-state index in [1.807, 2.05) is 6.07 Å². The van der Waals surface area contributed by atoms with Crippen molar-refractivity contribution < 1.29 is 8.42 Å². The molecule has 7 heteroatoms. The first kappa shape index (κ1) is 12.0. The predicted molar refractivity (Wildman–Crippen MR) is 64.0 cm³/mol. The maximum Gasteiger partial charge on any atom is 0.264 e. The minimum Gasteiger partial charge on any atom is -0.247 e. The van der Waals surface area contributed by atoms with Crippen LogP contribution in [-0.4, -0.2) is 18.4 Å². The summed E-state index contributed by atoms with van der Waals surface area (Å²) in [6.07, 6.45) is 2.85. The van der Waals surface area contributed by atoms with Gasteiger partial charge >= 0.3 is 0 Å². The van der Waals surface area contributed by atoms with Crippen molar-refractivity contribution in [2.45, 2.75) is 4.90 Å². The molecule has 0 atom stereocenters. The second-order valence-electron chi connectivity index (χ2n) is 3.32. The first-order chi connectivity index (χ1) is 8.62. The topological polar surface area (TPSA) is 95.7 Å². The van der Waals surface area contributed by atoms with Crippen LogP contribution in [0.1, 0.15) is 5.56 Å². The molecule has 0 aliphatic rings. The van der Waals surface area contributed by atoms with Crippen LogP contribution in [0.4, 0.5) is 5.95 Å². The van der Waals surface area contributed by atoms with E-state index < -0.39 is 10.0 Å². The molecule has 0 spiro atoms. The molecule has 0 amide bonds. The van der Waals surface area contributed by atoms with E-state index in [0.29, 0.717) is 0 Å². The van der Waals surface area contributed by atoms with E-state index in [1.54, 1.807) is 6.07 Å². The minimum atomic E-state index is -3.77. The summed E-state index contributed by atoms with van der Waals surface area (Å²) in [7, 11) is -3.77. The molecule has 90 valence electrons. The number of sulfonamides is 1. The monoisotopic (exact) mass is 260 g/mol. The second kappa shape index (κ2) is 4.81. The summed E-state index contributed by atoms with van der Waals surface area (Å²) in [5, 5.41) is 8.73.